The molecule has 1 fully saturated rings. The van der Waals surface area contributed by atoms with Crippen molar-refractivity contribution in [3.05, 3.63) is 59.6 Å². The topological polar surface area (TPSA) is 143 Å². The van der Waals surface area contributed by atoms with E-state index in [4.69, 9.17) is 15.7 Å². The number of fused-ring (bicyclic) bond motifs is 1. The first-order valence-corrected chi connectivity index (χ1v) is 14.9. The van der Waals surface area contributed by atoms with Gasteiger partial charge in [-0.2, -0.15) is 14.9 Å². The maximum Gasteiger partial charge on any atom is 0.254 e. The number of ether oxygens (including phenoxy) is 1. The lowest BCUT2D eigenvalue weighted by atomic mass is 9.62. The van der Waals surface area contributed by atoms with Crippen LogP contribution in [0.15, 0.2) is 47.4 Å². The van der Waals surface area contributed by atoms with E-state index in [0.29, 0.717) is 30.9 Å². The molecule has 12 heteroatoms. The minimum Gasteiger partial charge on any atom is -0.375 e. The molecular weight excluding hydrogens is 566 g/mol. The number of nitrogens with two attached hydrogens (primary N) is 1. The van der Waals surface area contributed by atoms with Crippen molar-refractivity contribution in [1.29, 1.82) is 5.26 Å². The molecule has 232 valence electrons. The van der Waals surface area contributed by atoms with E-state index in [1.807, 2.05) is 6.21 Å². The van der Waals surface area contributed by atoms with Gasteiger partial charge in [-0.1, -0.05) is 13.8 Å². The Kier molecular flexibility index (Phi) is 9.08. The zero-order chi connectivity index (χ0) is 31.6. The Balaban J connectivity index is 1.43. The Morgan fingerprint density at radius 2 is 2.07 bits per heavy atom. The average molecular weight is 605 g/mol. The second kappa shape index (κ2) is 12.8. The minimum atomic E-state index is -0.987. The first kappa shape index (κ1) is 31.2. The summed E-state index contributed by atoms with van der Waals surface area (Å²) in [5, 5.41) is 19.5. The molecule has 1 saturated carbocycles. The van der Waals surface area contributed by atoms with Gasteiger partial charge >= 0.3 is 0 Å². The van der Waals surface area contributed by atoms with Gasteiger partial charge in [0.2, 0.25) is 5.95 Å². The van der Waals surface area contributed by atoms with E-state index in [1.165, 1.54) is 10.6 Å². The van der Waals surface area contributed by atoms with Crippen LogP contribution in [0.1, 0.15) is 63.7 Å². The van der Waals surface area contributed by atoms with Crippen molar-refractivity contribution in [2.24, 2.45) is 28.0 Å². The third-order valence-corrected chi connectivity index (χ3v) is 8.70. The molecule has 5 atom stereocenters. The Labute approximate surface area is 255 Å². The van der Waals surface area contributed by atoms with Gasteiger partial charge in [-0.25, -0.2) is 13.8 Å². The van der Waals surface area contributed by atoms with Crippen LogP contribution in [0, 0.1) is 40.2 Å². The van der Waals surface area contributed by atoms with Crippen molar-refractivity contribution in [3.8, 4) is 17.3 Å². The fourth-order valence-corrected chi connectivity index (χ4v) is 6.33. The minimum absolute atomic E-state index is 0.0145. The number of anilines is 1. The van der Waals surface area contributed by atoms with E-state index in [-0.39, 0.29) is 46.7 Å². The lowest BCUT2D eigenvalue weighted by Crippen LogP contribution is -2.51. The van der Waals surface area contributed by atoms with Crippen molar-refractivity contribution < 1.29 is 18.3 Å². The summed E-state index contributed by atoms with van der Waals surface area (Å²) in [7, 11) is 0. The third-order valence-electron chi connectivity index (χ3n) is 8.70. The number of nitrogens with one attached hydrogen (secondary N) is 2. The summed E-state index contributed by atoms with van der Waals surface area (Å²) in [6.45, 7) is 8.19. The predicted molar refractivity (Wildman–Crippen MR) is 164 cm³/mol. The van der Waals surface area contributed by atoms with Crippen LogP contribution in [0.25, 0.3) is 16.8 Å². The van der Waals surface area contributed by atoms with Crippen LogP contribution in [0.2, 0.25) is 0 Å². The summed E-state index contributed by atoms with van der Waals surface area (Å²) in [5.41, 5.74) is 7.06. The standard InChI is InChI=1S/C32H38F2N8O2/c1-18(2)39-30(43)22-7-8-23(33)27(28(22)34)25-9-6-21-16-38-31(42(21)41-25)40-26-17-37-12-10-32(26,4)20-14-19(3)29(24(36)15-20)44-13-5-11-35/h6-9,12,16-20,24,29H,5,10,13-15,36H2,1-4H3,(H,38,40)(H,39,43). The number of hydrogen-bond donors (Lipinski definition) is 3. The van der Waals surface area contributed by atoms with E-state index >= 15 is 8.78 Å². The first-order chi connectivity index (χ1) is 21.0. The number of rotatable bonds is 9. The summed E-state index contributed by atoms with van der Waals surface area (Å²) in [4.78, 5) is 21.5. The number of aliphatic imine (C=N–C) groups is 1. The molecule has 0 spiro atoms. The second-order valence-corrected chi connectivity index (χ2v) is 12.2. The van der Waals surface area contributed by atoms with Gasteiger partial charge in [0.15, 0.2) is 0 Å². The molecule has 3 heterocycles. The zero-order valence-corrected chi connectivity index (χ0v) is 25.3. The number of imidazole rings is 1. The van der Waals surface area contributed by atoms with Gasteiger partial charge in [0.05, 0.1) is 53.7 Å². The molecule has 1 aliphatic heterocycles. The summed E-state index contributed by atoms with van der Waals surface area (Å²) in [6, 6.07) is 7.08. The van der Waals surface area contributed by atoms with Crippen molar-refractivity contribution in [3.63, 3.8) is 0 Å². The lowest BCUT2D eigenvalue weighted by molar-refractivity contribution is -0.0416. The largest absolute Gasteiger partial charge is 0.375 e. The molecule has 1 amide bonds. The zero-order valence-electron chi connectivity index (χ0n) is 25.3. The number of benzene rings is 1. The van der Waals surface area contributed by atoms with Crippen LogP contribution in [0.5, 0.6) is 0 Å². The van der Waals surface area contributed by atoms with Crippen molar-refractivity contribution in [2.75, 3.05) is 11.9 Å². The number of nitriles is 1. The fraction of sp³-hybridized carbons (Fsp3) is 0.469. The Hall–Kier alpha value is -4.21. The van der Waals surface area contributed by atoms with Crippen molar-refractivity contribution in [1.82, 2.24) is 19.9 Å². The van der Waals surface area contributed by atoms with Crippen molar-refractivity contribution >= 4 is 23.6 Å². The van der Waals surface area contributed by atoms with Crippen LogP contribution in [0.4, 0.5) is 14.7 Å². The molecule has 2 aliphatic rings. The molecule has 5 unspecified atom stereocenters. The van der Waals surface area contributed by atoms with Gasteiger partial charge in [-0.3, -0.25) is 9.79 Å². The SMILES string of the molecule is CC(C)NC(=O)c1ccc(F)c(-c2ccc3cnc(NC4=CN=CCC4(C)C4CC(C)C(OCCC#N)C(N)C4)n3n2)c1F. The normalized spacial score (nSPS) is 25.1. The van der Waals surface area contributed by atoms with Gasteiger partial charge < -0.3 is 21.1 Å². The molecule has 1 aliphatic carbocycles. The number of amides is 1. The number of aromatic nitrogens is 3. The van der Waals surface area contributed by atoms with Crippen LogP contribution in [-0.2, 0) is 4.74 Å². The highest BCUT2D eigenvalue weighted by Gasteiger charge is 2.45. The smallest absolute Gasteiger partial charge is 0.254 e. The molecular formula is C32H38F2N8O2. The van der Waals surface area contributed by atoms with Gasteiger partial charge in [0.25, 0.3) is 5.91 Å². The van der Waals surface area contributed by atoms with Gasteiger partial charge in [0.1, 0.15) is 11.6 Å². The fourth-order valence-electron chi connectivity index (χ4n) is 6.33. The van der Waals surface area contributed by atoms with Gasteiger partial charge in [0, 0.05) is 35.6 Å². The molecule has 3 aromatic rings. The molecule has 0 bridgehead atoms. The number of hydrogen-bond acceptors (Lipinski definition) is 8. The van der Waals surface area contributed by atoms with E-state index in [1.54, 1.807) is 32.3 Å². The highest BCUT2D eigenvalue weighted by atomic mass is 19.1. The predicted octanol–water partition coefficient (Wildman–Crippen LogP) is 5.22. The molecule has 0 saturated heterocycles. The van der Waals surface area contributed by atoms with Gasteiger partial charge in [-0.05, 0) is 69.2 Å². The van der Waals surface area contributed by atoms with Crippen LogP contribution < -0.4 is 16.4 Å². The maximum absolute atomic E-state index is 15.6. The summed E-state index contributed by atoms with van der Waals surface area (Å²) >= 11 is 0. The van der Waals surface area contributed by atoms with Gasteiger partial charge in [-0.15, -0.1) is 0 Å². The lowest BCUT2D eigenvalue weighted by Gasteiger charge is -2.47. The summed E-state index contributed by atoms with van der Waals surface area (Å²) < 4.78 is 38.0. The maximum atomic E-state index is 15.6. The number of carbonyl (C=O) groups is 1. The van der Waals surface area contributed by atoms with E-state index in [0.717, 1.165) is 30.7 Å². The quantitative estimate of drug-likeness (QED) is 0.284. The number of allylic oxidation sites excluding steroid dienone is 1. The Morgan fingerprint density at radius 1 is 1.27 bits per heavy atom. The Morgan fingerprint density at radius 3 is 2.80 bits per heavy atom. The third kappa shape index (κ3) is 6.07. The summed E-state index contributed by atoms with van der Waals surface area (Å²) in [5.74, 6) is -1.70. The molecule has 2 aromatic heterocycles. The average Bonchev–Trinajstić information content (AvgIpc) is 3.37. The second-order valence-electron chi connectivity index (χ2n) is 12.2. The summed E-state index contributed by atoms with van der Waals surface area (Å²) in [6.07, 6.45) is 7.78. The van der Waals surface area contributed by atoms with Crippen molar-refractivity contribution in [2.45, 2.75) is 71.6 Å². The monoisotopic (exact) mass is 604 g/mol. The molecule has 10 nitrogen and oxygen atoms in total. The number of halogens is 2. The highest BCUT2D eigenvalue weighted by molar-refractivity contribution is 5.96. The Bertz CT molecular complexity index is 1630. The molecule has 1 aromatic carbocycles. The van der Waals surface area contributed by atoms with Crippen LogP contribution in [-0.4, -0.2) is 51.5 Å². The molecule has 4 N–H and O–H groups in total. The molecule has 5 rings (SSSR count). The van der Waals surface area contributed by atoms with Crippen LogP contribution in [0.3, 0.4) is 0 Å². The molecule has 0 radical (unpaired) electrons. The number of nitrogens with zero attached hydrogens (tertiary/aromatic N) is 5. The van der Waals surface area contributed by atoms with E-state index in [2.05, 4.69) is 45.6 Å². The first-order valence-electron chi connectivity index (χ1n) is 14.9. The van der Waals surface area contributed by atoms with E-state index < -0.39 is 23.1 Å². The molecule has 44 heavy (non-hydrogen) atoms. The van der Waals surface area contributed by atoms with Crippen LogP contribution >= 0.6 is 0 Å². The number of carbonyl (C=O) groups excluding carboxylic acids is 1. The highest BCUT2D eigenvalue weighted by Crippen LogP contribution is 2.48. The van der Waals surface area contributed by atoms with E-state index in [9.17, 15) is 4.79 Å².